The van der Waals surface area contributed by atoms with E-state index >= 15 is 0 Å². The molecule has 556 valence electrons. The molecule has 0 radical (unpaired) electrons. The third-order valence-corrected chi connectivity index (χ3v) is 24.0. The van der Waals surface area contributed by atoms with Gasteiger partial charge in [-0.25, -0.2) is 19.2 Å². The number of nitrogens with one attached hydrogen (secondary N) is 3. The molecule has 4 N–H and O–H groups in total. The van der Waals surface area contributed by atoms with Crippen LogP contribution in [0.3, 0.4) is 0 Å². The Morgan fingerprint density at radius 2 is 0.598 bits per heavy atom. The number of anilines is 2. The molecule has 5 unspecified atom stereocenters. The third kappa shape index (κ3) is 16.5. The topological polar surface area (TPSA) is 270 Å². The Morgan fingerprint density at radius 1 is 0.336 bits per heavy atom. The van der Waals surface area contributed by atoms with Crippen molar-refractivity contribution in [1.82, 2.24) is 16.0 Å². The van der Waals surface area contributed by atoms with Crippen molar-refractivity contribution in [2.45, 2.75) is 128 Å². The maximum atomic E-state index is 12.6. The number of carbonyl (C=O) groups is 10. The number of para-hydroxylation sites is 2. The fourth-order valence-electron chi connectivity index (χ4n) is 18.1. The third-order valence-electron chi connectivity index (χ3n) is 24.0. The van der Waals surface area contributed by atoms with Crippen LogP contribution >= 0.6 is 0 Å². The molecule has 7 aromatic carbocycles. The first-order valence-corrected chi connectivity index (χ1v) is 37.1. The highest BCUT2D eigenvalue weighted by Crippen LogP contribution is 2.48. The molecule has 17 rings (SSSR count). The summed E-state index contributed by atoms with van der Waals surface area (Å²) in [5.41, 5.74) is 17.2. The van der Waals surface area contributed by atoms with Crippen molar-refractivity contribution >= 4 is 70.6 Å². The molecule has 5 aliphatic heterocycles. The van der Waals surface area contributed by atoms with E-state index in [-0.39, 0.29) is 86.3 Å². The summed E-state index contributed by atoms with van der Waals surface area (Å²) < 4.78 is 19.1. The Hall–Kier alpha value is -10.6. The van der Waals surface area contributed by atoms with Crippen molar-refractivity contribution in [1.29, 1.82) is 0 Å². The van der Waals surface area contributed by atoms with Gasteiger partial charge >= 0.3 is 23.9 Å². The molecule has 5 atom stereocenters. The molecule has 5 fully saturated rings. The number of aliphatic hydroxyl groups excluding tert-OH is 1. The number of amides is 5. The Labute approximate surface area is 623 Å². The number of aryl methyl sites for hydroxylation is 5. The standard InChI is InChI=1S/2C21H21NO3.3C15H17NO3/c1-25-20(24)16-8-7-15-9-10-21(12-17(15)11-16)13-19(23)22(14-21)18-5-3-2-4-6-18;23-13-19(24)16-7-6-15-8-9-21(11-17(15)10-16)12-20(25)22(14-21)18-4-2-1-3-5-18;3*1-19-14(18)11-3-2-10-4-5-15(7-12(10)6-11)8-13(17)16-9-15/h2-8,11H,9-10,12-14H2,1H3;1-7,10,23H,8-9,11-14H2;3*2-3,6H,4-5,7-9H2,1H3,(H,16,17). The number of methoxy groups -OCH3 is 4. The molecular weight excluding hydrogens is 1350 g/mol. The number of hydrogen-bond acceptors (Lipinski definition) is 15. The number of ketones is 1. The highest BCUT2D eigenvalue weighted by molar-refractivity contribution is 5.99. The number of carbonyl (C=O) groups excluding carboxylic acids is 10. The van der Waals surface area contributed by atoms with Crippen LogP contribution in [0.15, 0.2) is 152 Å². The molecule has 5 heterocycles. The van der Waals surface area contributed by atoms with E-state index in [2.05, 4.69) is 16.0 Å². The van der Waals surface area contributed by atoms with E-state index < -0.39 is 6.61 Å². The van der Waals surface area contributed by atoms with Crippen molar-refractivity contribution in [2.24, 2.45) is 27.1 Å². The number of Topliss-reactive ketones (excluding diaryl/α,β-unsaturated/α-hetero) is 1. The molecule has 5 spiro atoms. The van der Waals surface area contributed by atoms with Gasteiger partial charge in [-0.3, -0.25) is 28.8 Å². The monoisotopic (exact) mass is 1450 g/mol. The normalized spacial score (nSPS) is 23.7. The van der Waals surface area contributed by atoms with Gasteiger partial charge in [0.25, 0.3) is 0 Å². The van der Waals surface area contributed by atoms with E-state index in [9.17, 15) is 47.9 Å². The molecule has 7 aromatic rings. The first-order chi connectivity index (χ1) is 51.6. The number of aliphatic hydroxyl groups is 1. The molecule has 0 aromatic heterocycles. The second-order valence-corrected chi connectivity index (χ2v) is 31.2. The zero-order chi connectivity index (χ0) is 75.3. The zero-order valence-corrected chi connectivity index (χ0v) is 61.4. The summed E-state index contributed by atoms with van der Waals surface area (Å²) in [7, 11) is 5.57. The number of rotatable bonds is 8. The van der Waals surface area contributed by atoms with E-state index in [0.29, 0.717) is 59.9 Å². The maximum absolute atomic E-state index is 12.6. The van der Waals surface area contributed by atoms with Crippen molar-refractivity contribution in [3.05, 3.63) is 235 Å². The van der Waals surface area contributed by atoms with Crippen LogP contribution in [0, 0.1) is 27.1 Å². The van der Waals surface area contributed by atoms with Crippen LogP contribution in [-0.4, -0.2) is 132 Å². The maximum Gasteiger partial charge on any atom is 0.337 e. The van der Waals surface area contributed by atoms with E-state index in [0.717, 1.165) is 146 Å². The van der Waals surface area contributed by atoms with Gasteiger partial charge in [0, 0.05) is 109 Å². The van der Waals surface area contributed by atoms with Crippen molar-refractivity contribution in [3.8, 4) is 0 Å². The highest BCUT2D eigenvalue weighted by atomic mass is 16.5. The van der Waals surface area contributed by atoms with E-state index in [1.807, 2.05) is 155 Å². The Morgan fingerprint density at radius 3 is 0.860 bits per heavy atom. The number of nitrogens with zero attached hydrogens (tertiary/aromatic N) is 2. The van der Waals surface area contributed by atoms with Gasteiger partial charge in [0.05, 0.1) is 50.7 Å². The molecule has 10 aliphatic rings. The minimum absolute atomic E-state index is 0.0331. The lowest BCUT2D eigenvalue weighted by Crippen LogP contribution is -2.33. The predicted octanol–water partition coefficient (Wildman–Crippen LogP) is 10.6. The van der Waals surface area contributed by atoms with E-state index in [4.69, 9.17) is 24.1 Å². The molecule has 0 bridgehead atoms. The SMILES string of the molecule is COC(=O)c1ccc2c(c1)CC1(CC2)CC(=O)N(c2ccccc2)C1.COC(=O)c1ccc2c(c1)CC1(CC2)CNC(=O)C1.COC(=O)c1ccc2c(c1)CC1(CC2)CNC(=O)C1.COC(=O)c1ccc2c(c1)CC1(CC2)CNC(=O)C1.O=C(CO)c1ccc2c(c1)CC1(CC2)CC(=O)N(c2ccccc2)C1. The Kier molecular flexibility index (Phi) is 21.9. The largest absolute Gasteiger partial charge is 0.465 e. The quantitative estimate of drug-likeness (QED) is 0.0626. The van der Waals surface area contributed by atoms with Gasteiger partial charge in [-0.1, -0.05) is 72.8 Å². The molecule has 5 saturated heterocycles. The summed E-state index contributed by atoms with van der Waals surface area (Å²) in [5, 5.41) is 17.9. The van der Waals surface area contributed by atoms with Crippen LogP contribution < -0.4 is 25.8 Å². The van der Waals surface area contributed by atoms with Crippen LogP contribution in [0.4, 0.5) is 11.4 Å². The number of ether oxygens (including phenoxy) is 4. The van der Waals surface area contributed by atoms with Crippen LogP contribution in [0.25, 0.3) is 0 Å². The second-order valence-electron chi connectivity index (χ2n) is 31.2. The minimum Gasteiger partial charge on any atom is -0.465 e. The predicted molar refractivity (Wildman–Crippen MR) is 401 cm³/mol. The molecule has 107 heavy (non-hydrogen) atoms. The zero-order valence-electron chi connectivity index (χ0n) is 61.4. The van der Waals surface area contributed by atoms with Crippen LogP contribution in [0.2, 0.25) is 0 Å². The summed E-state index contributed by atoms with van der Waals surface area (Å²) >= 11 is 0. The van der Waals surface area contributed by atoms with Crippen LogP contribution in [0.5, 0.6) is 0 Å². The van der Waals surface area contributed by atoms with Gasteiger partial charge < -0.3 is 49.8 Å². The smallest absolute Gasteiger partial charge is 0.337 e. The van der Waals surface area contributed by atoms with E-state index in [1.165, 1.54) is 78.5 Å². The molecule has 5 aliphatic carbocycles. The Bertz CT molecular complexity index is 4280. The lowest BCUT2D eigenvalue weighted by atomic mass is 9.70. The van der Waals surface area contributed by atoms with Gasteiger partial charge in [0.15, 0.2) is 5.78 Å². The summed E-state index contributed by atoms with van der Waals surface area (Å²) in [6, 6.07) is 48.5. The summed E-state index contributed by atoms with van der Waals surface area (Å²) in [6.45, 7) is 3.28. The average molecular weight is 1450 g/mol. The highest BCUT2D eigenvalue weighted by Gasteiger charge is 2.48. The van der Waals surface area contributed by atoms with Gasteiger partial charge in [0.2, 0.25) is 29.5 Å². The first-order valence-electron chi connectivity index (χ1n) is 37.1. The van der Waals surface area contributed by atoms with Gasteiger partial charge in [-0.15, -0.1) is 0 Å². The average Bonchev–Trinajstić information content (AvgIpc) is 1.67. The van der Waals surface area contributed by atoms with Gasteiger partial charge in [0.1, 0.15) is 6.61 Å². The van der Waals surface area contributed by atoms with Crippen molar-refractivity contribution in [3.63, 3.8) is 0 Å². The van der Waals surface area contributed by atoms with E-state index in [1.54, 1.807) is 6.07 Å². The van der Waals surface area contributed by atoms with Gasteiger partial charge in [-0.2, -0.15) is 0 Å². The molecular formula is C87H93N5O15. The number of benzene rings is 7. The number of hydrogen-bond donors (Lipinski definition) is 4. The van der Waals surface area contributed by atoms with Crippen molar-refractivity contribution < 1.29 is 72.0 Å². The fraction of sp³-hybridized carbons (Fsp3) is 0.402. The first kappa shape index (κ1) is 74.7. The number of esters is 4. The summed E-state index contributed by atoms with van der Waals surface area (Å²) in [5.74, 6) is -0.662. The van der Waals surface area contributed by atoms with Crippen LogP contribution in [-0.2, 0) is 107 Å². The lowest BCUT2D eigenvalue weighted by Gasteiger charge is -2.34. The van der Waals surface area contributed by atoms with Crippen molar-refractivity contribution in [2.75, 3.05) is 77.6 Å². The molecule has 20 nitrogen and oxygen atoms in total. The Balaban J connectivity index is 0.000000119. The lowest BCUT2D eigenvalue weighted by molar-refractivity contribution is -0.120. The fourth-order valence-corrected chi connectivity index (χ4v) is 18.1. The minimum atomic E-state index is -0.468. The molecule has 0 saturated carbocycles. The summed E-state index contributed by atoms with van der Waals surface area (Å²) in [6.07, 6.45) is 17.1. The summed E-state index contributed by atoms with van der Waals surface area (Å²) in [4.78, 5) is 122. The second kappa shape index (κ2) is 31.5. The molecule has 20 heteroatoms. The van der Waals surface area contributed by atoms with Crippen LogP contribution in [0.1, 0.15) is 172 Å². The number of fused-ring (bicyclic) bond motifs is 5. The molecule has 5 amide bonds. The van der Waals surface area contributed by atoms with Gasteiger partial charge in [-0.05, 0) is 231 Å².